The third kappa shape index (κ3) is 45.3. The van der Waals surface area contributed by atoms with Crippen molar-refractivity contribution in [3.63, 3.8) is 0 Å². The molecule has 1 N–H and O–H groups in total. The number of unbranched alkanes of at least 4 members (excludes halogenated alkanes) is 22. The summed E-state index contributed by atoms with van der Waals surface area (Å²) >= 11 is 0. The molecule has 0 heterocycles. The minimum atomic E-state index is -4.37. The Morgan fingerprint density at radius 1 is 0.542 bits per heavy atom. The minimum absolute atomic E-state index is 0.00340. The molecule has 2 unspecified atom stereocenters. The van der Waals surface area contributed by atoms with Gasteiger partial charge in [0.25, 0.3) is 0 Å². The van der Waals surface area contributed by atoms with E-state index in [4.69, 9.17) is 18.5 Å². The second kappa shape index (κ2) is 44.0. The smallest absolute Gasteiger partial charge is 0.462 e. The average Bonchev–Trinajstić information content (AvgIpc) is 3.20. The van der Waals surface area contributed by atoms with Crippen LogP contribution in [0.2, 0.25) is 0 Å². The van der Waals surface area contributed by atoms with E-state index in [0.717, 1.165) is 77.0 Å². The van der Waals surface area contributed by atoms with E-state index in [2.05, 4.69) is 62.5 Å². The van der Waals surface area contributed by atoms with Crippen LogP contribution >= 0.6 is 7.82 Å². The van der Waals surface area contributed by atoms with Crippen LogP contribution in [0.3, 0.4) is 0 Å². The first-order valence-corrected chi connectivity index (χ1v) is 25.4. The number of phosphoric ester groups is 1. The van der Waals surface area contributed by atoms with Crippen molar-refractivity contribution in [1.29, 1.82) is 0 Å². The number of nitrogens with zero attached hydrogens (tertiary/aromatic N) is 1. The van der Waals surface area contributed by atoms with Gasteiger partial charge in [-0.1, -0.05) is 172 Å². The molecule has 0 aliphatic heterocycles. The Hall–Kier alpha value is -2.03. The highest BCUT2D eigenvalue weighted by Crippen LogP contribution is 2.43. The minimum Gasteiger partial charge on any atom is -0.462 e. The molecule has 59 heavy (non-hydrogen) atoms. The molecule has 0 aliphatic rings. The molecule has 9 nitrogen and oxygen atoms in total. The Balaban J connectivity index is 4.22. The molecule has 10 heteroatoms. The van der Waals surface area contributed by atoms with E-state index in [1.165, 1.54) is 96.3 Å². The summed E-state index contributed by atoms with van der Waals surface area (Å²) in [6.07, 6.45) is 50.2. The SMILES string of the molecule is CC/C=C\C/C=C\C/C=C\CCCCCCCC(=O)OCC(COP(=O)(O)OCCN(C)C)OC(=O)CCCCCCCCCCCCC/C=C\CCCCCCCC. The first kappa shape index (κ1) is 57.0. The van der Waals surface area contributed by atoms with Crippen molar-refractivity contribution >= 4 is 19.8 Å². The first-order valence-electron chi connectivity index (χ1n) is 23.9. The Bertz CT molecular complexity index is 1120. The molecule has 0 aromatic carbocycles. The van der Waals surface area contributed by atoms with Crippen LogP contribution in [0.15, 0.2) is 48.6 Å². The van der Waals surface area contributed by atoms with Crippen molar-refractivity contribution in [2.45, 2.75) is 213 Å². The standard InChI is InChI=1S/C49H90NO8P/c1-5-7-9-11-13-15-17-19-21-22-23-24-25-26-28-30-32-34-36-38-40-42-49(52)58-47(46-57-59(53,54)56-44-43-50(3)4)45-55-48(51)41-39-37-35-33-31-29-27-20-18-16-14-12-10-8-6-2/h8,10,14,16,19-21,27,47H,5-7,9,11-13,15,17-18,22-26,28-46H2,1-4H3,(H,53,54)/b10-8-,16-14-,21-19-,27-20-. The van der Waals surface area contributed by atoms with Crippen LogP contribution in [0.4, 0.5) is 0 Å². The summed E-state index contributed by atoms with van der Waals surface area (Å²) < 4.78 is 33.5. The van der Waals surface area contributed by atoms with E-state index in [-0.39, 0.29) is 32.0 Å². The fraction of sp³-hybridized carbons (Fsp3) is 0.796. The van der Waals surface area contributed by atoms with Gasteiger partial charge in [0.2, 0.25) is 0 Å². The van der Waals surface area contributed by atoms with Crippen molar-refractivity contribution in [1.82, 2.24) is 4.90 Å². The molecule has 0 aromatic rings. The Morgan fingerprint density at radius 3 is 1.46 bits per heavy atom. The number of ether oxygens (including phenoxy) is 2. The third-order valence-electron chi connectivity index (χ3n) is 10.1. The van der Waals surface area contributed by atoms with Crippen molar-refractivity contribution in [3.05, 3.63) is 48.6 Å². The molecule has 344 valence electrons. The zero-order chi connectivity index (χ0) is 43.3. The Morgan fingerprint density at radius 2 is 0.966 bits per heavy atom. The number of hydrogen-bond donors (Lipinski definition) is 1. The van der Waals surface area contributed by atoms with Crippen molar-refractivity contribution in [3.8, 4) is 0 Å². The zero-order valence-corrected chi connectivity index (χ0v) is 39.3. The van der Waals surface area contributed by atoms with E-state index >= 15 is 0 Å². The molecule has 0 radical (unpaired) electrons. The molecule has 0 saturated carbocycles. The number of esters is 2. The molecule has 0 fully saturated rings. The lowest BCUT2D eigenvalue weighted by Crippen LogP contribution is -2.29. The van der Waals surface area contributed by atoms with E-state index < -0.39 is 26.5 Å². The first-order chi connectivity index (χ1) is 28.7. The molecule has 2 atom stereocenters. The molecular formula is C49H90NO8P. The van der Waals surface area contributed by atoms with Gasteiger partial charge in [-0.15, -0.1) is 0 Å². The quantitative estimate of drug-likeness (QED) is 0.0277. The predicted octanol–water partition coefficient (Wildman–Crippen LogP) is 14.1. The Kier molecular flexibility index (Phi) is 42.5. The number of carbonyl (C=O) groups excluding carboxylic acids is 2. The lowest BCUT2D eigenvalue weighted by molar-refractivity contribution is -0.161. The van der Waals surface area contributed by atoms with Crippen LogP contribution in [0.5, 0.6) is 0 Å². The van der Waals surface area contributed by atoms with Gasteiger partial charge in [0.15, 0.2) is 6.10 Å². The number of carbonyl (C=O) groups is 2. The van der Waals surface area contributed by atoms with Gasteiger partial charge in [0.1, 0.15) is 6.61 Å². The monoisotopic (exact) mass is 852 g/mol. The largest absolute Gasteiger partial charge is 0.472 e. The Labute approximate surface area is 362 Å². The third-order valence-corrected chi connectivity index (χ3v) is 11.1. The molecule has 0 bridgehead atoms. The molecule has 0 saturated heterocycles. The number of rotatable bonds is 44. The summed E-state index contributed by atoms with van der Waals surface area (Å²) in [5, 5.41) is 0. The van der Waals surface area contributed by atoms with Crippen LogP contribution in [0, 0.1) is 0 Å². The van der Waals surface area contributed by atoms with E-state index in [1.54, 1.807) is 0 Å². The molecule has 0 aliphatic carbocycles. The van der Waals surface area contributed by atoms with Gasteiger partial charge in [-0.25, -0.2) is 4.57 Å². The highest BCUT2D eigenvalue weighted by Gasteiger charge is 2.26. The highest BCUT2D eigenvalue weighted by atomic mass is 31.2. The van der Waals surface area contributed by atoms with Crippen LogP contribution < -0.4 is 0 Å². The molecule has 0 aromatic heterocycles. The number of hydrogen-bond acceptors (Lipinski definition) is 8. The van der Waals surface area contributed by atoms with Crippen LogP contribution in [0.25, 0.3) is 0 Å². The predicted molar refractivity (Wildman–Crippen MR) is 248 cm³/mol. The van der Waals surface area contributed by atoms with Gasteiger partial charge in [-0.2, -0.15) is 0 Å². The average molecular weight is 852 g/mol. The fourth-order valence-electron chi connectivity index (χ4n) is 6.46. The van der Waals surface area contributed by atoms with E-state index in [0.29, 0.717) is 13.0 Å². The van der Waals surface area contributed by atoms with Crippen molar-refractivity contribution in [2.24, 2.45) is 0 Å². The maximum Gasteiger partial charge on any atom is 0.472 e. The summed E-state index contributed by atoms with van der Waals surface area (Å²) in [4.78, 5) is 37.1. The van der Waals surface area contributed by atoms with Gasteiger partial charge in [-0.3, -0.25) is 18.6 Å². The summed E-state index contributed by atoms with van der Waals surface area (Å²) in [7, 11) is -0.721. The summed E-state index contributed by atoms with van der Waals surface area (Å²) in [5.74, 6) is -0.821. The molecular weight excluding hydrogens is 762 g/mol. The number of allylic oxidation sites excluding steroid dienone is 8. The lowest BCUT2D eigenvalue weighted by Gasteiger charge is -2.20. The van der Waals surface area contributed by atoms with Gasteiger partial charge >= 0.3 is 19.8 Å². The molecule has 0 spiro atoms. The second-order valence-electron chi connectivity index (χ2n) is 16.3. The molecule has 0 amide bonds. The van der Waals surface area contributed by atoms with Gasteiger partial charge in [-0.05, 0) is 84.7 Å². The van der Waals surface area contributed by atoms with Crippen LogP contribution in [0.1, 0.15) is 206 Å². The van der Waals surface area contributed by atoms with Crippen molar-refractivity contribution in [2.75, 3.05) is 40.5 Å². The van der Waals surface area contributed by atoms with Crippen LogP contribution in [-0.2, 0) is 32.7 Å². The van der Waals surface area contributed by atoms with Gasteiger partial charge in [0.05, 0.1) is 13.2 Å². The highest BCUT2D eigenvalue weighted by molar-refractivity contribution is 7.47. The summed E-state index contributed by atoms with van der Waals surface area (Å²) in [6.45, 7) is 4.20. The summed E-state index contributed by atoms with van der Waals surface area (Å²) in [5.41, 5.74) is 0. The number of phosphoric acid groups is 1. The fourth-order valence-corrected chi connectivity index (χ4v) is 7.20. The normalized spacial score (nSPS) is 13.7. The lowest BCUT2D eigenvalue weighted by atomic mass is 10.0. The van der Waals surface area contributed by atoms with E-state index in [9.17, 15) is 19.0 Å². The number of likely N-dealkylation sites (N-methyl/N-ethyl adjacent to an activating group) is 1. The zero-order valence-electron chi connectivity index (χ0n) is 38.4. The van der Waals surface area contributed by atoms with Gasteiger partial charge in [0, 0.05) is 19.4 Å². The summed E-state index contributed by atoms with van der Waals surface area (Å²) in [6, 6.07) is 0. The maximum absolute atomic E-state index is 12.7. The van der Waals surface area contributed by atoms with E-state index in [1.807, 2.05) is 19.0 Å². The second-order valence-corrected chi connectivity index (χ2v) is 17.7. The maximum atomic E-state index is 12.7. The topological polar surface area (TPSA) is 112 Å². The molecule has 0 rings (SSSR count). The van der Waals surface area contributed by atoms with Crippen molar-refractivity contribution < 1.29 is 37.6 Å². The van der Waals surface area contributed by atoms with Gasteiger partial charge < -0.3 is 19.3 Å². The van der Waals surface area contributed by atoms with Crippen LogP contribution in [-0.4, -0.2) is 68.3 Å².